The summed E-state index contributed by atoms with van der Waals surface area (Å²) in [7, 11) is 0. The first kappa shape index (κ1) is 16.6. The van der Waals surface area contributed by atoms with Crippen molar-refractivity contribution in [2.45, 2.75) is 13.8 Å². The zero-order valence-corrected chi connectivity index (χ0v) is 10.6. The van der Waals surface area contributed by atoms with Gasteiger partial charge in [-0.05, 0) is 13.8 Å². The second-order valence-electron chi connectivity index (χ2n) is 2.91. The van der Waals surface area contributed by atoms with E-state index < -0.39 is 23.9 Å². The van der Waals surface area contributed by atoms with Gasteiger partial charge in [0.15, 0.2) is 0 Å². The molecule has 0 fully saturated rings. The van der Waals surface area contributed by atoms with Crippen LogP contribution < -0.4 is 0 Å². The van der Waals surface area contributed by atoms with Crippen LogP contribution in [0.5, 0.6) is 0 Å². The minimum Gasteiger partial charge on any atom is -0.463 e. The van der Waals surface area contributed by atoms with Crippen LogP contribution in [-0.4, -0.2) is 37.1 Å². The van der Waals surface area contributed by atoms with Gasteiger partial charge >= 0.3 is 23.9 Å². The highest BCUT2D eigenvalue weighted by Gasteiger charge is 2.10. The van der Waals surface area contributed by atoms with Crippen molar-refractivity contribution >= 4 is 23.9 Å². The Labute approximate surface area is 109 Å². The fourth-order valence-corrected chi connectivity index (χ4v) is 0.820. The molecule has 0 spiro atoms. The van der Waals surface area contributed by atoms with Crippen molar-refractivity contribution in [2.75, 3.05) is 13.2 Å². The number of rotatable bonds is 4. The number of hydrogen-bond acceptors (Lipinski definition) is 7. The normalized spacial score (nSPS) is 12.7. The molecule has 104 valence electrons. The first-order chi connectivity index (χ1) is 8.99. The van der Waals surface area contributed by atoms with E-state index in [-0.39, 0.29) is 0 Å². The lowest BCUT2D eigenvalue weighted by Gasteiger charge is -1.95. The molecule has 0 saturated heterocycles. The molecule has 1 aliphatic heterocycles. The first-order valence-corrected chi connectivity index (χ1v) is 5.45. The number of cyclic esters (lactones) is 2. The number of hydrogen-bond donors (Lipinski definition) is 0. The lowest BCUT2D eigenvalue weighted by atomic mass is 10.5. The highest BCUT2D eigenvalue weighted by atomic mass is 16.6. The van der Waals surface area contributed by atoms with E-state index in [9.17, 15) is 19.2 Å². The van der Waals surface area contributed by atoms with E-state index in [1.807, 2.05) is 0 Å². The number of carbonyl (C=O) groups excluding carboxylic acids is 4. The van der Waals surface area contributed by atoms with Crippen molar-refractivity contribution in [2.24, 2.45) is 0 Å². The molecular weight excluding hydrogens is 256 g/mol. The van der Waals surface area contributed by atoms with Crippen molar-refractivity contribution in [3.05, 3.63) is 24.3 Å². The average Bonchev–Trinajstić information content (AvgIpc) is 2.72. The van der Waals surface area contributed by atoms with Crippen LogP contribution in [-0.2, 0) is 33.4 Å². The summed E-state index contributed by atoms with van der Waals surface area (Å²) in [6.45, 7) is 3.98. The quantitative estimate of drug-likeness (QED) is 0.313. The Kier molecular flexibility index (Phi) is 8.35. The van der Waals surface area contributed by atoms with Crippen molar-refractivity contribution in [1.29, 1.82) is 0 Å². The SMILES string of the molecule is CCOC(=O)/C=C/C(=O)OCC.O=C1C=CC(=O)O1. The predicted molar refractivity (Wildman–Crippen MR) is 62.6 cm³/mol. The maximum absolute atomic E-state index is 10.6. The molecule has 0 aromatic rings. The van der Waals surface area contributed by atoms with Crippen LogP contribution in [0.1, 0.15) is 13.8 Å². The van der Waals surface area contributed by atoms with Gasteiger partial charge in [0, 0.05) is 24.3 Å². The second-order valence-corrected chi connectivity index (χ2v) is 2.91. The molecule has 7 heteroatoms. The highest BCUT2D eigenvalue weighted by Crippen LogP contribution is 1.92. The standard InChI is InChI=1S/C8H12O4.C4H2O3/c1-3-11-7(9)5-6-8(10)12-4-2;5-3-1-2-4(6)7-3/h5-6H,3-4H2,1-2H3;1-2H/b6-5+;. The van der Waals surface area contributed by atoms with Crippen LogP contribution in [0.4, 0.5) is 0 Å². The third-order valence-corrected chi connectivity index (χ3v) is 1.49. The van der Waals surface area contributed by atoms with E-state index in [1.54, 1.807) is 13.8 Å². The Balaban J connectivity index is 0.000000388. The Hall–Kier alpha value is -2.44. The van der Waals surface area contributed by atoms with Gasteiger partial charge in [-0.15, -0.1) is 0 Å². The Bertz CT molecular complexity index is 370. The molecular formula is C12H14O7. The fraction of sp³-hybridized carbons (Fsp3) is 0.333. The molecule has 0 amide bonds. The molecule has 0 aromatic heterocycles. The lowest BCUT2D eigenvalue weighted by molar-refractivity contribution is -0.150. The van der Waals surface area contributed by atoms with E-state index in [4.69, 9.17) is 0 Å². The Morgan fingerprint density at radius 2 is 1.37 bits per heavy atom. The van der Waals surface area contributed by atoms with Crippen molar-refractivity contribution < 1.29 is 33.4 Å². The monoisotopic (exact) mass is 270 g/mol. The van der Waals surface area contributed by atoms with Gasteiger partial charge in [-0.2, -0.15) is 0 Å². The number of carbonyl (C=O) groups is 4. The molecule has 1 aliphatic rings. The van der Waals surface area contributed by atoms with Crippen LogP contribution in [0.2, 0.25) is 0 Å². The molecule has 1 heterocycles. The molecule has 0 aliphatic carbocycles. The summed E-state index contributed by atoms with van der Waals surface area (Å²) in [4.78, 5) is 41.1. The summed E-state index contributed by atoms with van der Waals surface area (Å²) < 4.78 is 13.0. The van der Waals surface area contributed by atoms with Crippen LogP contribution >= 0.6 is 0 Å². The average molecular weight is 270 g/mol. The van der Waals surface area contributed by atoms with Gasteiger partial charge in [-0.25, -0.2) is 19.2 Å². The van der Waals surface area contributed by atoms with Crippen LogP contribution in [0, 0.1) is 0 Å². The fourth-order valence-electron chi connectivity index (χ4n) is 0.820. The molecule has 0 N–H and O–H groups in total. The van der Waals surface area contributed by atoms with E-state index in [2.05, 4.69) is 14.2 Å². The van der Waals surface area contributed by atoms with E-state index in [0.717, 1.165) is 24.3 Å². The minimum absolute atomic E-state index is 0.298. The second kappa shape index (κ2) is 9.58. The summed E-state index contributed by atoms with van der Waals surface area (Å²) in [5.74, 6) is -2.23. The van der Waals surface area contributed by atoms with E-state index >= 15 is 0 Å². The van der Waals surface area contributed by atoms with Gasteiger partial charge < -0.3 is 14.2 Å². The molecule has 0 bridgehead atoms. The molecule has 0 atom stereocenters. The first-order valence-electron chi connectivity index (χ1n) is 5.45. The largest absolute Gasteiger partial charge is 0.463 e. The molecule has 0 saturated carbocycles. The molecule has 1 rings (SSSR count). The summed E-state index contributed by atoms with van der Waals surface area (Å²) in [6, 6.07) is 0. The molecule has 0 radical (unpaired) electrons. The Morgan fingerprint density at radius 3 is 1.58 bits per heavy atom. The minimum atomic E-state index is -0.579. The van der Waals surface area contributed by atoms with Crippen molar-refractivity contribution in [3.8, 4) is 0 Å². The zero-order chi connectivity index (χ0) is 14.7. The third-order valence-electron chi connectivity index (χ3n) is 1.49. The van der Waals surface area contributed by atoms with Gasteiger partial charge in [0.25, 0.3) is 0 Å². The predicted octanol–water partition coefficient (Wildman–Crippen LogP) is 0.295. The lowest BCUT2D eigenvalue weighted by Crippen LogP contribution is -2.03. The van der Waals surface area contributed by atoms with Gasteiger partial charge in [0.1, 0.15) is 0 Å². The third kappa shape index (κ3) is 9.28. The molecule has 0 unspecified atom stereocenters. The zero-order valence-electron chi connectivity index (χ0n) is 10.6. The summed E-state index contributed by atoms with van der Waals surface area (Å²) >= 11 is 0. The summed E-state index contributed by atoms with van der Waals surface area (Å²) in [5, 5.41) is 0. The smallest absolute Gasteiger partial charge is 0.338 e. The van der Waals surface area contributed by atoms with Gasteiger partial charge in [-0.1, -0.05) is 0 Å². The Morgan fingerprint density at radius 1 is 1.00 bits per heavy atom. The van der Waals surface area contributed by atoms with E-state index in [0.29, 0.717) is 13.2 Å². The summed E-state index contributed by atoms with van der Waals surface area (Å²) in [5.41, 5.74) is 0. The van der Waals surface area contributed by atoms with Gasteiger partial charge in [-0.3, -0.25) is 0 Å². The van der Waals surface area contributed by atoms with Gasteiger partial charge in [0.05, 0.1) is 13.2 Å². The number of ether oxygens (including phenoxy) is 3. The number of esters is 4. The topological polar surface area (TPSA) is 96.0 Å². The van der Waals surface area contributed by atoms with Crippen LogP contribution in [0.3, 0.4) is 0 Å². The molecule has 7 nitrogen and oxygen atoms in total. The summed E-state index contributed by atoms with van der Waals surface area (Å²) in [6.07, 6.45) is 4.26. The maximum Gasteiger partial charge on any atom is 0.338 e. The van der Waals surface area contributed by atoms with Gasteiger partial charge in [0.2, 0.25) is 0 Å². The highest BCUT2D eigenvalue weighted by molar-refractivity contribution is 6.04. The van der Waals surface area contributed by atoms with E-state index in [1.165, 1.54) is 0 Å². The molecule has 0 aromatic carbocycles. The van der Waals surface area contributed by atoms with Crippen molar-refractivity contribution in [3.63, 3.8) is 0 Å². The van der Waals surface area contributed by atoms with Crippen LogP contribution in [0.15, 0.2) is 24.3 Å². The van der Waals surface area contributed by atoms with Crippen LogP contribution in [0.25, 0.3) is 0 Å². The van der Waals surface area contributed by atoms with Crippen molar-refractivity contribution in [1.82, 2.24) is 0 Å². The maximum atomic E-state index is 10.6. The molecule has 19 heavy (non-hydrogen) atoms.